The van der Waals surface area contributed by atoms with E-state index in [2.05, 4.69) is 35.0 Å². The first-order valence-corrected chi connectivity index (χ1v) is 8.76. The van der Waals surface area contributed by atoms with Crippen molar-refractivity contribution in [1.29, 1.82) is 21.2 Å². The largest absolute Gasteiger partial charge is 0.305 e. The molecule has 2 aliphatic rings. The first-order valence-electron chi connectivity index (χ1n) is 8.76. The minimum Gasteiger partial charge on any atom is -0.305 e. The van der Waals surface area contributed by atoms with Gasteiger partial charge in [0.2, 0.25) is 0 Å². The van der Waals surface area contributed by atoms with Gasteiger partial charge in [-0.05, 0) is 36.2 Å². The van der Waals surface area contributed by atoms with Crippen LogP contribution in [0.25, 0.3) is 0 Å². The van der Waals surface area contributed by atoms with Gasteiger partial charge in [0.15, 0.2) is 5.41 Å². The molecule has 6 nitrogen and oxygen atoms in total. The Kier molecular flexibility index (Phi) is 4.85. The summed E-state index contributed by atoms with van der Waals surface area (Å²) >= 11 is 0. The van der Waals surface area contributed by atoms with Gasteiger partial charge >= 0.3 is 0 Å². The second kappa shape index (κ2) is 7.08. The number of hydrogen-bond donors (Lipinski definition) is 1. The topological polar surface area (TPSA) is 111 Å². The van der Waals surface area contributed by atoms with Gasteiger partial charge in [-0.15, -0.1) is 0 Å². The molecule has 0 saturated heterocycles. The maximum Gasteiger partial charge on any atom is 0.189 e. The Hall–Kier alpha value is -3.01. The van der Waals surface area contributed by atoms with E-state index in [1.807, 2.05) is 18.2 Å². The van der Waals surface area contributed by atoms with Crippen molar-refractivity contribution >= 4 is 5.71 Å². The Morgan fingerprint density at radius 1 is 1.27 bits per heavy atom. The lowest BCUT2D eigenvalue weighted by atomic mass is 9.54. The molecule has 1 aliphatic heterocycles. The minimum atomic E-state index is -1.64. The molecule has 1 saturated carbocycles. The normalized spacial score (nSPS) is 27.4. The van der Waals surface area contributed by atoms with Gasteiger partial charge in [-0.1, -0.05) is 13.0 Å². The summed E-state index contributed by atoms with van der Waals surface area (Å²) < 4.78 is 0. The first kappa shape index (κ1) is 17.8. The molecule has 3 rings (SSSR count). The van der Waals surface area contributed by atoms with Gasteiger partial charge in [0.05, 0.1) is 23.9 Å². The summed E-state index contributed by atoms with van der Waals surface area (Å²) in [6.07, 6.45) is 6.32. The zero-order valence-electron chi connectivity index (χ0n) is 14.7. The smallest absolute Gasteiger partial charge is 0.189 e. The van der Waals surface area contributed by atoms with Crippen LogP contribution in [0, 0.1) is 56.7 Å². The van der Waals surface area contributed by atoms with Crippen LogP contribution in [0.1, 0.15) is 24.8 Å². The predicted molar refractivity (Wildman–Crippen MR) is 95.8 cm³/mol. The molecule has 1 aromatic heterocycles. The molecular formula is C20H20N6. The van der Waals surface area contributed by atoms with E-state index in [-0.39, 0.29) is 11.6 Å². The van der Waals surface area contributed by atoms with E-state index >= 15 is 0 Å². The number of rotatable bonds is 3. The van der Waals surface area contributed by atoms with Crippen LogP contribution < -0.4 is 0 Å². The zero-order valence-corrected chi connectivity index (χ0v) is 14.7. The van der Waals surface area contributed by atoms with Crippen LogP contribution in [0.5, 0.6) is 0 Å². The maximum absolute atomic E-state index is 9.95. The third kappa shape index (κ3) is 2.58. The van der Waals surface area contributed by atoms with E-state index in [0.29, 0.717) is 6.54 Å². The van der Waals surface area contributed by atoms with E-state index in [9.17, 15) is 15.8 Å². The highest BCUT2D eigenvalue weighted by Gasteiger charge is 2.57. The van der Waals surface area contributed by atoms with E-state index in [0.717, 1.165) is 30.6 Å². The highest BCUT2D eigenvalue weighted by Crippen LogP contribution is 2.53. The zero-order chi connectivity index (χ0) is 18.7. The summed E-state index contributed by atoms with van der Waals surface area (Å²) in [5, 5.41) is 38.1. The molecule has 130 valence electrons. The van der Waals surface area contributed by atoms with Crippen molar-refractivity contribution in [2.45, 2.75) is 19.3 Å². The summed E-state index contributed by atoms with van der Waals surface area (Å²) in [4.78, 5) is 6.32. The molecule has 6 heteroatoms. The lowest BCUT2D eigenvalue weighted by Crippen LogP contribution is -2.52. The van der Waals surface area contributed by atoms with Crippen LogP contribution in [-0.4, -0.2) is 35.2 Å². The molecule has 0 radical (unpaired) electrons. The van der Waals surface area contributed by atoms with E-state index in [4.69, 9.17) is 5.41 Å². The fraction of sp³-hybridized carbons (Fsp3) is 0.450. The highest BCUT2D eigenvalue weighted by molar-refractivity contribution is 6.00. The number of nitriles is 3. The maximum atomic E-state index is 9.95. The van der Waals surface area contributed by atoms with Crippen LogP contribution >= 0.6 is 0 Å². The van der Waals surface area contributed by atoms with Crippen LogP contribution in [-0.2, 0) is 0 Å². The average molecular weight is 344 g/mol. The second-order valence-corrected chi connectivity index (χ2v) is 6.84. The predicted octanol–water partition coefficient (Wildman–Crippen LogP) is 2.64. The first-order chi connectivity index (χ1) is 12.6. The summed E-state index contributed by atoms with van der Waals surface area (Å²) in [6.45, 7) is 4.46. The average Bonchev–Trinajstić information content (AvgIpc) is 2.68. The van der Waals surface area contributed by atoms with Crippen molar-refractivity contribution in [3.8, 4) is 18.2 Å². The molecule has 1 N–H and O–H groups in total. The van der Waals surface area contributed by atoms with Gasteiger partial charge in [-0.3, -0.25) is 9.88 Å². The molecule has 2 heterocycles. The molecule has 1 fully saturated rings. The molecule has 26 heavy (non-hydrogen) atoms. The Morgan fingerprint density at radius 3 is 2.54 bits per heavy atom. The lowest BCUT2D eigenvalue weighted by Gasteiger charge is -2.47. The Labute approximate surface area is 153 Å². The van der Waals surface area contributed by atoms with Crippen molar-refractivity contribution < 1.29 is 0 Å². The van der Waals surface area contributed by atoms with Crippen LogP contribution in [0.2, 0.25) is 0 Å². The van der Waals surface area contributed by atoms with Crippen molar-refractivity contribution in [3.05, 3.63) is 41.7 Å². The van der Waals surface area contributed by atoms with Gasteiger partial charge < -0.3 is 5.41 Å². The molecule has 1 aliphatic carbocycles. The van der Waals surface area contributed by atoms with Crippen LogP contribution in [0.3, 0.4) is 0 Å². The van der Waals surface area contributed by atoms with Crippen LogP contribution in [0.15, 0.2) is 36.2 Å². The van der Waals surface area contributed by atoms with E-state index in [1.54, 1.807) is 12.4 Å². The van der Waals surface area contributed by atoms with Gasteiger partial charge in [0, 0.05) is 37.3 Å². The third-order valence-corrected chi connectivity index (χ3v) is 5.47. The van der Waals surface area contributed by atoms with Crippen molar-refractivity contribution in [1.82, 2.24) is 9.88 Å². The van der Waals surface area contributed by atoms with E-state index < -0.39 is 17.3 Å². The van der Waals surface area contributed by atoms with Crippen LogP contribution in [0.4, 0.5) is 0 Å². The van der Waals surface area contributed by atoms with E-state index in [1.165, 1.54) is 0 Å². The summed E-state index contributed by atoms with van der Waals surface area (Å²) in [7, 11) is 0. The van der Waals surface area contributed by atoms with Gasteiger partial charge in [-0.25, -0.2) is 0 Å². The number of nitrogens with one attached hydrogen (secondary N) is 1. The molecule has 0 bridgehead atoms. The fourth-order valence-corrected chi connectivity index (χ4v) is 4.31. The quantitative estimate of drug-likeness (QED) is 0.847. The molecule has 1 aromatic rings. The minimum absolute atomic E-state index is 0.0988. The Morgan fingerprint density at radius 2 is 1.96 bits per heavy atom. The lowest BCUT2D eigenvalue weighted by molar-refractivity contribution is 0.204. The molecule has 3 atom stereocenters. The second-order valence-electron chi connectivity index (χ2n) is 6.84. The van der Waals surface area contributed by atoms with Crippen molar-refractivity contribution in [3.63, 3.8) is 0 Å². The van der Waals surface area contributed by atoms with Crippen molar-refractivity contribution in [2.24, 2.45) is 17.3 Å². The SMILES string of the molecule is CCCN1CC=C2C(C#N)C(=N)C(C#N)(C#N)C(c3ccncc3)C2C1. The van der Waals surface area contributed by atoms with Crippen molar-refractivity contribution in [2.75, 3.05) is 19.6 Å². The molecule has 0 aromatic carbocycles. The van der Waals surface area contributed by atoms with Gasteiger partial charge in [0.1, 0.15) is 5.92 Å². The third-order valence-electron chi connectivity index (χ3n) is 5.47. The summed E-state index contributed by atoms with van der Waals surface area (Å²) in [6, 6.07) is 10.0. The monoisotopic (exact) mass is 344 g/mol. The van der Waals surface area contributed by atoms with Gasteiger partial charge in [0.25, 0.3) is 0 Å². The number of aromatic nitrogens is 1. The number of hydrogen-bond acceptors (Lipinski definition) is 6. The molecule has 0 spiro atoms. The molecule has 0 amide bonds. The molecule has 3 unspecified atom stereocenters. The number of nitrogens with zero attached hydrogens (tertiary/aromatic N) is 5. The number of pyridine rings is 1. The fourth-order valence-electron chi connectivity index (χ4n) is 4.31. The van der Waals surface area contributed by atoms with Gasteiger partial charge in [-0.2, -0.15) is 15.8 Å². The summed E-state index contributed by atoms with van der Waals surface area (Å²) in [5.41, 5.74) is -0.0385. The standard InChI is InChI=1S/C20H20N6/c1-2-8-26-9-5-15-16(10-21)19(24)20(12-22,13-23)18(17(15)11-26)14-3-6-25-7-4-14/h3-7,16-18,24H,2,8-9,11H2,1H3. The molecular weight excluding hydrogens is 324 g/mol. The summed E-state index contributed by atoms with van der Waals surface area (Å²) in [5.74, 6) is -1.43. The number of fused-ring (bicyclic) bond motifs is 1. The Bertz CT molecular complexity index is 837. The highest BCUT2D eigenvalue weighted by atomic mass is 15.1. The Balaban J connectivity index is 2.20.